The molecule has 7 heteroatoms. The molecule has 3 N–H and O–H groups in total. The van der Waals surface area contributed by atoms with Crippen molar-refractivity contribution in [3.63, 3.8) is 0 Å². The molecule has 1 aliphatic carbocycles. The van der Waals surface area contributed by atoms with Crippen LogP contribution in [0, 0.1) is 5.92 Å². The Morgan fingerprint density at radius 3 is 2.65 bits per heavy atom. The van der Waals surface area contributed by atoms with Crippen molar-refractivity contribution in [3.8, 4) is 11.1 Å². The molecule has 0 bridgehead atoms. The summed E-state index contributed by atoms with van der Waals surface area (Å²) in [5.41, 5.74) is 11.7. The molecule has 4 aromatic rings. The molecule has 1 unspecified atom stereocenters. The maximum Gasteiger partial charge on any atom is 0.337 e. The summed E-state index contributed by atoms with van der Waals surface area (Å²) in [4.78, 5) is 24.9. The lowest BCUT2D eigenvalue weighted by Crippen LogP contribution is -2.07. The minimum Gasteiger partial charge on any atom is -0.465 e. The second kappa shape index (κ2) is 10.3. The van der Waals surface area contributed by atoms with Crippen LogP contribution in [0.2, 0.25) is 5.02 Å². The monoisotopic (exact) mass is 476 g/mol. The van der Waals surface area contributed by atoms with Gasteiger partial charge in [-0.2, -0.15) is 0 Å². The van der Waals surface area contributed by atoms with E-state index in [0.717, 1.165) is 40.1 Å². The summed E-state index contributed by atoms with van der Waals surface area (Å²) in [6.07, 6.45) is 5.30. The number of benzene rings is 2. The number of ether oxygens (including phenoxy) is 1. The van der Waals surface area contributed by atoms with Crippen LogP contribution in [0.5, 0.6) is 0 Å². The molecule has 0 saturated heterocycles. The number of anilines is 1. The second-order valence-electron chi connectivity index (χ2n) is 8.28. The number of halogens is 1. The van der Waals surface area contributed by atoms with Crippen LogP contribution in [0.3, 0.4) is 0 Å². The highest BCUT2D eigenvalue weighted by Gasteiger charge is 2.30. The van der Waals surface area contributed by atoms with Gasteiger partial charge in [0.25, 0.3) is 0 Å². The first-order chi connectivity index (χ1) is 16.5. The highest BCUT2D eigenvalue weighted by Crippen LogP contribution is 2.41. The van der Waals surface area contributed by atoms with Crippen molar-refractivity contribution in [2.24, 2.45) is 5.92 Å². The lowest BCUT2D eigenvalue weighted by atomic mass is 9.96. The number of carbonyl (C=O) groups excluding carboxylic acids is 1. The minimum absolute atomic E-state index is 0.0437. The predicted molar refractivity (Wildman–Crippen MR) is 137 cm³/mol. The van der Waals surface area contributed by atoms with Crippen LogP contribution in [-0.2, 0) is 4.74 Å². The number of rotatable bonds is 6. The SMILES string of the molecule is CC.COC(=O)c1ccc2nc(C(CC3CC3)c3ccc(-c4cc(Cl)ccc4N)cn3)[nH]c2c1. The third-order valence-electron chi connectivity index (χ3n) is 5.99. The van der Waals surface area contributed by atoms with Crippen LogP contribution in [0.25, 0.3) is 22.2 Å². The average Bonchev–Trinajstić information content (AvgIpc) is 3.60. The van der Waals surface area contributed by atoms with E-state index in [0.29, 0.717) is 22.2 Å². The van der Waals surface area contributed by atoms with Crippen molar-refractivity contribution in [1.82, 2.24) is 15.0 Å². The maximum absolute atomic E-state index is 11.9. The number of hydrogen-bond donors (Lipinski definition) is 2. The molecule has 0 spiro atoms. The number of nitrogens with two attached hydrogens (primary N) is 1. The number of H-pyrrole nitrogens is 1. The lowest BCUT2D eigenvalue weighted by Gasteiger charge is -2.15. The molecule has 0 radical (unpaired) electrons. The zero-order chi connectivity index (χ0) is 24.2. The molecule has 0 aliphatic heterocycles. The summed E-state index contributed by atoms with van der Waals surface area (Å²) in [7, 11) is 1.38. The van der Waals surface area contributed by atoms with Gasteiger partial charge in [0.1, 0.15) is 5.82 Å². The van der Waals surface area contributed by atoms with E-state index in [2.05, 4.69) is 4.98 Å². The number of imidazole rings is 1. The van der Waals surface area contributed by atoms with Crippen LogP contribution in [-0.4, -0.2) is 28.0 Å². The van der Waals surface area contributed by atoms with Crippen LogP contribution < -0.4 is 5.73 Å². The highest BCUT2D eigenvalue weighted by molar-refractivity contribution is 6.31. The van der Waals surface area contributed by atoms with Gasteiger partial charge in [0.15, 0.2) is 0 Å². The van der Waals surface area contributed by atoms with E-state index < -0.39 is 0 Å². The van der Waals surface area contributed by atoms with Crippen molar-refractivity contribution in [3.05, 3.63) is 76.8 Å². The fourth-order valence-corrected chi connectivity index (χ4v) is 4.22. The first kappa shape index (κ1) is 23.8. The molecule has 1 fully saturated rings. The van der Waals surface area contributed by atoms with E-state index >= 15 is 0 Å². The number of esters is 1. The van der Waals surface area contributed by atoms with Gasteiger partial charge >= 0.3 is 5.97 Å². The number of nitrogens with zero attached hydrogens (tertiary/aromatic N) is 2. The van der Waals surface area contributed by atoms with E-state index in [1.807, 2.05) is 44.3 Å². The number of hydrogen-bond acceptors (Lipinski definition) is 5. The first-order valence-corrected chi connectivity index (χ1v) is 12.0. The van der Waals surface area contributed by atoms with Gasteiger partial charge in [-0.3, -0.25) is 4.98 Å². The second-order valence-corrected chi connectivity index (χ2v) is 8.72. The van der Waals surface area contributed by atoms with E-state index in [-0.39, 0.29) is 11.9 Å². The number of nitrogen functional groups attached to an aromatic ring is 1. The highest BCUT2D eigenvalue weighted by atomic mass is 35.5. The third-order valence-corrected chi connectivity index (χ3v) is 6.22. The molecule has 0 amide bonds. The fourth-order valence-electron chi connectivity index (χ4n) is 4.05. The topological polar surface area (TPSA) is 93.9 Å². The van der Waals surface area contributed by atoms with E-state index in [4.69, 9.17) is 32.0 Å². The van der Waals surface area contributed by atoms with Crippen molar-refractivity contribution in [2.75, 3.05) is 12.8 Å². The Morgan fingerprint density at radius 1 is 1.18 bits per heavy atom. The molecule has 1 atom stereocenters. The Bertz CT molecular complexity index is 1300. The zero-order valence-corrected chi connectivity index (χ0v) is 20.4. The van der Waals surface area contributed by atoms with Gasteiger partial charge in [0.05, 0.1) is 35.3 Å². The van der Waals surface area contributed by atoms with Crippen LogP contribution >= 0.6 is 11.6 Å². The minimum atomic E-state index is -0.366. The smallest absolute Gasteiger partial charge is 0.337 e. The van der Waals surface area contributed by atoms with E-state index in [9.17, 15) is 4.79 Å². The van der Waals surface area contributed by atoms with Crippen LogP contribution in [0.15, 0.2) is 54.7 Å². The van der Waals surface area contributed by atoms with Crippen molar-refractivity contribution in [1.29, 1.82) is 0 Å². The number of aromatic nitrogens is 3. The average molecular weight is 477 g/mol. The predicted octanol–water partition coefficient (Wildman–Crippen LogP) is 6.61. The Morgan fingerprint density at radius 2 is 1.97 bits per heavy atom. The number of pyridine rings is 1. The molecule has 5 rings (SSSR count). The number of nitrogens with one attached hydrogen (secondary N) is 1. The molecule has 176 valence electrons. The van der Waals surface area contributed by atoms with E-state index in [1.54, 1.807) is 24.3 Å². The molecule has 1 aliphatic rings. The molecular formula is C27H29ClN4O2. The number of fused-ring (bicyclic) bond motifs is 1. The molecule has 2 aromatic heterocycles. The fraction of sp³-hybridized carbons (Fsp3) is 0.296. The maximum atomic E-state index is 11.9. The van der Waals surface area contributed by atoms with Crippen molar-refractivity contribution in [2.45, 2.75) is 39.0 Å². The van der Waals surface area contributed by atoms with Crippen molar-refractivity contribution >= 4 is 34.3 Å². The largest absolute Gasteiger partial charge is 0.465 e. The summed E-state index contributed by atoms with van der Waals surface area (Å²) in [5, 5.41) is 0.637. The summed E-state index contributed by atoms with van der Waals surface area (Å²) in [5.74, 6) is 1.22. The Kier molecular flexibility index (Phi) is 7.17. The summed E-state index contributed by atoms with van der Waals surface area (Å²) in [6.45, 7) is 4.00. The molecule has 2 heterocycles. The van der Waals surface area contributed by atoms with E-state index in [1.165, 1.54) is 20.0 Å². The van der Waals surface area contributed by atoms with Gasteiger partial charge in [-0.15, -0.1) is 0 Å². The summed E-state index contributed by atoms with van der Waals surface area (Å²) >= 11 is 6.15. The van der Waals surface area contributed by atoms with Gasteiger partial charge < -0.3 is 15.5 Å². The quantitative estimate of drug-likeness (QED) is 0.241. The summed E-state index contributed by atoms with van der Waals surface area (Å²) < 4.78 is 4.83. The third kappa shape index (κ3) is 5.07. The lowest BCUT2D eigenvalue weighted by molar-refractivity contribution is 0.0601. The van der Waals surface area contributed by atoms with Gasteiger partial charge in [-0.1, -0.05) is 44.4 Å². The van der Waals surface area contributed by atoms with Crippen LogP contribution in [0.4, 0.5) is 5.69 Å². The Hall–Kier alpha value is -3.38. The normalized spacial score (nSPS) is 13.8. The molecule has 1 saturated carbocycles. The zero-order valence-electron chi connectivity index (χ0n) is 19.6. The Balaban J connectivity index is 0.00000133. The standard InChI is InChI=1S/C25H23ClN4O2.C2H6/c1-32-25(31)15-4-9-22-23(11-15)30-24(29-22)19(10-14-2-3-14)21-8-5-16(13-28-21)18-12-17(26)6-7-20(18)27;1-2/h4-9,11-14,19H,2-3,10,27H2,1H3,(H,29,30);1-2H3. The van der Waals surface area contributed by atoms with Gasteiger partial charge in [-0.05, 0) is 54.8 Å². The number of methoxy groups -OCH3 is 1. The molecule has 2 aromatic carbocycles. The molecule has 34 heavy (non-hydrogen) atoms. The van der Waals surface area contributed by atoms with Crippen molar-refractivity contribution < 1.29 is 9.53 Å². The van der Waals surface area contributed by atoms with Gasteiger partial charge in [-0.25, -0.2) is 9.78 Å². The summed E-state index contributed by atoms with van der Waals surface area (Å²) in [6, 6.07) is 14.9. The Labute approximate surface area is 204 Å². The van der Waals surface area contributed by atoms with Crippen LogP contribution in [0.1, 0.15) is 60.9 Å². The molecule has 6 nitrogen and oxygen atoms in total. The first-order valence-electron chi connectivity index (χ1n) is 11.6. The number of aromatic amines is 1. The number of carbonyl (C=O) groups is 1. The molecular weight excluding hydrogens is 448 g/mol. The van der Waals surface area contributed by atoms with Gasteiger partial charge in [0, 0.05) is 28.0 Å². The van der Waals surface area contributed by atoms with Gasteiger partial charge in [0.2, 0.25) is 0 Å².